The van der Waals surface area contributed by atoms with E-state index >= 15 is 0 Å². The molecular weight excluding hydrogens is 312 g/mol. The maximum Gasteiger partial charge on any atom is 0.356 e. The van der Waals surface area contributed by atoms with Crippen LogP contribution in [0.15, 0.2) is 35.7 Å². The van der Waals surface area contributed by atoms with Crippen molar-refractivity contribution in [1.29, 1.82) is 5.26 Å². The van der Waals surface area contributed by atoms with E-state index in [0.29, 0.717) is 16.9 Å². The number of ether oxygens (including phenoxy) is 3. The molecule has 1 aromatic heterocycles. The lowest BCUT2D eigenvalue weighted by molar-refractivity contribution is 0.0592. The first-order valence-corrected chi connectivity index (χ1v) is 6.98. The maximum atomic E-state index is 12.0. The van der Waals surface area contributed by atoms with Crippen molar-refractivity contribution in [2.75, 3.05) is 14.2 Å². The number of benzene rings is 1. The van der Waals surface area contributed by atoms with Crippen molar-refractivity contribution in [3.8, 4) is 17.7 Å². The molecule has 0 saturated heterocycles. The van der Waals surface area contributed by atoms with Crippen LogP contribution in [0.2, 0.25) is 0 Å². The Hall–Kier alpha value is -3.47. The van der Waals surface area contributed by atoms with Gasteiger partial charge in [0.15, 0.2) is 5.69 Å². The van der Waals surface area contributed by atoms with Gasteiger partial charge in [-0.15, -0.1) is 5.10 Å². The number of aromatic nitrogens is 2. The molecule has 1 unspecified atom stereocenters. The van der Waals surface area contributed by atoms with E-state index in [2.05, 4.69) is 10.2 Å². The van der Waals surface area contributed by atoms with E-state index in [0.717, 1.165) is 0 Å². The maximum absolute atomic E-state index is 12.0. The van der Waals surface area contributed by atoms with Crippen molar-refractivity contribution < 1.29 is 19.0 Å². The fraction of sp³-hybridized carbons (Fsp3) is 0.188. The van der Waals surface area contributed by atoms with E-state index in [1.165, 1.54) is 7.11 Å². The second-order valence-electron chi connectivity index (χ2n) is 5.01. The van der Waals surface area contributed by atoms with Crippen molar-refractivity contribution in [3.63, 3.8) is 0 Å². The summed E-state index contributed by atoms with van der Waals surface area (Å²) in [5, 5.41) is 16.1. The Labute approximate surface area is 137 Å². The van der Waals surface area contributed by atoms with Crippen LogP contribution in [-0.4, -0.2) is 30.4 Å². The van der Waals surface area contributed by atoms with E-state index in [-0.39, 0.29) is 23.0 Å². The fourth-order valence-corrected chi connectivity index (χ4v) is 2.66. The van der Waals surface area contributed by atoms with E-state index in [4.69, 9.17) is 19.9 Å². The monoisotopic (exact) mass is 326 g/mol. The second-order valence-corrected chi connectivity index (χ2v) is 5.01. The third-order valence-electron chi connectivity index (χ3n) is 3.76. The number of hydrogen-bond donors (Lipinski definition) is 2. The van der Waals surface area contributed by atoms with Gasteiger partial charge in [0.1, 0.15) is 17.4 Å². The van der Waals surface area contributed by atoms with Crippen LogP contribution in [0.4, 0.5) is 0 Å². The number of esters is 1. The van der Waals surface area contributed by atoms with Gasteiger partial charge in [-0.05, 0) is 17.7 Å². The molecule has 122 valence electrons. The molecule has 1 aliphatic heterocycles. The smallest absolute Gasteiger partial charge is 0.356 e. The molecule has 0 saturated carbocycles. The molecule has 3 N–H and O–H groups in total. The Bertz CT molecular complexity index is 878. The normalized spacial score (nSPS) is 16.0. The molecule has 8 heteroatoms. The number of nitrogens with one attached hydrogen (secondary N) is 1. The lowest BCUT2D eigenvalue weighted by atomic mass is 9.84. The SMILES string of the molecule is COC(=O)c1[nH]nc2c1C(c1cccc(OC)c1)C(C#N)=C(N)O2. The van der Waals surface area contributed by atoms with E-state index < -0.39 is 11.9 Å². The zero-order valence-electron chi connectivity index (χ0n) is 13.0. The Morgan fingerprint density at radius 1 is 1.46 bits per heavy atom. The summed E-state index contributed by atoms with van der Waals surface area (Å²) in [6.07, 6.45) is 0. The van der Waals surface area contributed by atoms with Gasteiger partial charge in [-0.1, -0.05) is 12.1 Å². The highest BCUT2D eigenvalue weighted by Crippen LogP contribution is 2.43. The first-order chi connectivity index (χ1) is 11.6. The quantitative estimate of drug-likeness (QED) is 0.817. The predicted octanol–water partition coefficient (Wildman–Crippen LogP) is 1.42. The van der Waals surface area contributed by atoms with Crippen LogP contribution in [0.5, 0.6) is 11.6 Å². The molecular formula is C16H14N4O4. The largest absolute Gasteiger partial charge is 0.497 e. The number of nitriles is 1. The average Bonchev–Trinajstić information content (AvgIpc) is 3.03. The van der Waals surface area contributed by atoms with Gasteiger partial charge < -0.3 is 19.9 Å². The molecule has 2 aromatic rings. The molecule has 2 heterocycles. The Morgan fingerprint density at radius 3 is 2.92 bits per heavy atom. The van der Waals surface area contributed by atoms with Gasteiger partial charge in [0.05, 0.1) is 25.7 Å². The number of aromatic amines is 1. The molecule has 0 fully saturated rings. The van der Waals surface area contributed by atoms with Gasteiger partial charge in [0.25, 0.3) is 0 Å². The molecule has 0 bridgehead atoms. The first-order valence-electron chi connectivity index (χ1n) is 6.98. The van der Waals surface area contributed by atoms with Crippen LogP contribution in [0, 0.1) is 11.3 Å². The summed E-state index contributed by atoms with van der Waals surface area (Å²) in [7, 11) is 2.80. The number of nitrogens with zero attached hydrogens (tertiary/aromatic N) is 2. The molecule has 8 nitrogen and oxygen atoms in total. The average molecular weight is 326 g/mol. The summed E-state index contributed by atoms with van der Waals surface area (Å²) in [5.74, 6) is -0.542. The molecule has 1 aromatic carbocycles. The lowest BCUT2D eigenvalue weighted by Gasteiger charge is -2.23. The molecule has 0 radical (unpaired) electrons. The summed E-state index contributed by atoms with van der Waals surface area (Å²) in [5.41, 5.74) is 7.26. The highest BCUT2D eigenvalue weighted by atomic mass is 16.5. The molecule has 24 heavy (non-hydrogen) atoms. The molecule has 0 amide bonds. The summed E-state index contributed by atoms with van der Waals surface area (Å²) in [4.78, 5) is 12.0. The number of nitrogens with two attached hydrogens (primary N) is 1. The van der Waals surface area contributed by atoms with Crippen molar-refractivity contribution in [1.82, 2.24) is 10.2 Å². The van der Waals surface area contributed by atoms with Crippen LogP contribution in [-0.2, 0) is 4.74 Å². The number of rotatable bonds is 3. The van der Waals surface area contributed by atoms with Crippen LogP contribution >= 0.6 is 0 Å². The van der Waals surface area contributed by atoms with Crippen molar-refractivity contribution in [3.05, 3.63) is 52.5 Å². The third-order valence-corrected chi connectivity index (χ3v) is 3.76. The number of allylic oxidation sites excluding steroid dienone is 1. The van der Waals surface area contributed by atoms with Gasteiger partial charge in [0, 0.05) is 0 Å². The van der Waals surface area contributed by atoms with E-state index in [1.807, 2.05) is 6.07 Å². The molecule has 0 aliphatic carbocycles. The van der Waals surface area contributed by atoms with Crippen LogP contribution < -0.4 is 15.2 Å². The topological polar surface area (TPSA) is 123 Å². The molecule has 1 atom stereocenters. The zero-order valence-corrected chi connectivity index (χ0v) is 13.0. The van der Waals surface area contributed by atoms with E-state index in [1.54, 1.807) is 31.4 Å². The number of hydrogen-bond acceptors (Lipinski definition) is 7. The Kier molecular flexibility index (Phi) is 3.83. The fourth-order valence-electron chi connectivity index (χ4n) is 2.66. The minimum atomic E-state index is -0.623. The van der Waals surface area contributed by atoms with Crippen LogP contribution in [0.1, 0.15) is 27.5 Å². The van der Waals surface area contributed by atoms with Crippen molar-refractivity contribution in [2.45, 2.75) is 5.92 Å². The first kappa shape index (κ1) is 15.4. The standard InChI is InChI=1S/C16H14N4O4/c1-22-9-5-3-4-8(6-9)11-10(7-17)14(18)24-15-12(11)13(19-20-15)16(21)23-2/h3-6,11H,18H2,1-2H3,(H,19,20). The highest BCUT2D eigenvalue weighted by molar-refractivity contribution is 5.90. The van der Waals surface area contributed by atoms with Crippen LogP contribution in [0.25, 0.3) is 0 Å². The second kappa shape index (κ2) is 5.96. The minimum Gasteiger partial charge on any atom is -0.497 e. The van der Waals surface area contributed by atoms with E-state index in [9.17, 15) is 10.1 Å². The molecule has 1 aliphatic rings. The number of methoxy groups -OCH3 is 2. The Morgan fingerprint density at radius 2 is 2.25 bits per heavy atom. The predicted molar refractivity (Wildman–Crippen MR) is 82.2 cm³/mol. The van der Waals surface area contributed by atoms with Gasteiger partial charge >= 0.3 is 5.97 Å². The zero-order chi connectivity index (χ0) is 17.3. The summed E-state index contributed by atoms with van der Waals surface area (Å²) >= 11 is 0. The number of H-pyrrole nitrogens is 1. The summed E-state index contributed by atoms with van der Waals surface area (Å²) < 4.78 is 15.4. The van der Waals surface area contributed by atoms with Gasteiger partial charge in [-0.2, -0.15) is 5.26 Å². The highest BCUT2D eigenvalue weighted by Gasteiger charge is 2.37. The van der Waals surface area contributed by atoms with Gasteiger partial charge in [0.2, 0.25) is 11.8 Å². The van der Waals surface area contributed by atoms with Crippen molar-refractivity contribution in [2.24, 2.45) is 5.73 Å². The van der Waals surface area contributed by atoms with Crippen molar-refractivity contribution >= 4 is 5.97 Å². The Balaban J connectivity index is 2.24. The molecule has 3 rings (SSSR count). The summed E-state index contributed by atoms with van der Waals surface area (Å²) in [6, 6.07) is 9.18. The minimum absolute atomic E-state index is 0.0549. The number of carbonyl (C=O) groups is 1. The third kappa shape index (κ3) is 2.32. The molecule has 0 spiro atoms. The number of carbonyl (C=O) groups excluding carboxylic acids is 1. The number of fused-ring (bicyclic) bond motifs is 1. The van der Waals surface area contributed by atoms with Gasteiger partial charge in [-0.25, -0.2) is 4.79 Å². The van der Waals surface area contributed by atoms with Gasteiger partial charge in [-0.3, -0.25) is 5.10 Å². The lowest BCUT2D eigenvalue weighted by Crippen LogP contribution is -2.22. The summed E-state index contributed by atoms with van der Waals surface area (Å²) in [6.45, 7) is 0. The van der Waals surface area contributed by atoms with Crippen LogP contribution in [0.3, 0.4) is 0 Å².